The van der Waals surface area contributed by atoms with Crippen molar-refractivity contribution in [2.24, 2.45) is 0 Å². The Balaban J connectivity index is 1.52. The molecule has 0 radical (unpaired) electrons. The first-order valence-corrected chi connectivity index (χ1v) is 10.1. The van der Waals surface area contributed by atoms with Gasteiger partial charge < -0.3 is 5.32 Å². The fraction of sp³-hybridized carbons (Fsp3) is 0.318. The van der Waals surface area contributed by atoms with Gasteiger partial charge in [-0.1, -0.05) is 31.2 Å². The molecule has 0 bridgehead atoms. The molecular weight excluding hydrogens is 404 g/mol. The quantitative estimate of drug-likeness (QED) is 0.491. The molecule has 2 heterocycles. The zero-order valence-electron chi connectivity index (χ0n) is 17.3. The zero-order valence-corrected chi connectivity index (χ0v) is 17.3. The van der Waals surface area contributed by atoms with Gasteiger partial charge in [-0.05, 0) is 31.2 Å². The second kappa shape index (κ2) is 8.33. The molecule has 0 saturated heterocycles. The average Bonchev–Trinajstić information content (AvgIpc) is 3.28. The third-order valence-electron chi connectivity index (χ3n) is 5.41. The Hall–Kier alpha value is -3.49. The number of aromatic nitrogens is 4. The molecule has 4 rings (SSSR count). The SMILES string of the molecule is CCn1c(=O)n(CC(=O)NC[C@H](C)c2nc3ccccc3n2C(F)F)c2ccccc21. The standard InChI is InChI=1S/C22H23F2N5O2/c1-3-27-17-10-6-7-11-18(17)28(22(27)31)13-19(30)25-12-14(2)20-26-15-8-4-5-9-16(15)29(20)21(23)24/h4-11,14,21H,3,12-13H2,1-2H3,(H,25,30)/t14-/m0/s1. The number of carbonyl (C=O) groups is 1. The number of halogens is 2. The third kappa shape index (κ3) is 3.71. The van der Waals surface area contributed by atoms with E-state index in [1.54, 1.807) is 41.8 Å². The van der Waals surface area contributed by atoms with Gasteiger partial charge in [0.25, 0.3) is 0 Å². The maximum Gasteiger partial charge on any atom is 0.329 e. The number of carbonyl (C=O) groups excluding carboxylic acids is 1. The van der Waals surface area contributed by atoms with Gasteiger partial charge >= 0.3 is 12.2 Å². The number of benzene rings is 2. The summed E-state index contributed by atoms with van der Waals surface area (Å²) in [6.45, 7) is 1.33. The normalized spacial score (nSPS) is 12.7. The highest BCUT2D eigenvalue weighted by molar-refractivity contribution is 5.81. The van der Waals surface area contributed by atoms with Crippen molar-refractivity contribution < 1.29 is 13.6 Å². The smallest absolute Gasteiger partial charge is 0.329 e. The maximum atomic E-state index is 13.7. The van der Waals surface area contributed by atoms with Crippen molar-refractivity contribution in [1.29, 1.82) is 0 Å². The predicted octanol–water partition coefficient (Wildman–Crippen LogP) is 3.49. The maximum absolute atomic E-state index is 13.7. The monoisotopic (exact) mass is 427 g/mol. The van der Waals surface area contributed by atoms with E-state index >= 15 is 0 Å². The van der Waals surface area contributed by atoms with Gasteiger partial charge in [0, 0.05) is 19.0 Å². The summed E-state index contributed by atoms with van der Waals surface area (Å²) in [5.41, 5.74) is 2.02. The molecule has 0 aliphatic heterocycles. The number of nitrogens with zero attached hydrogens (tertiary/aromatic N) is 4. The van der Waals surface area contributed by atoms with Gasteiger partial charge in [0.05, 0.1) is 22.1 Å². The van der Waals surface area contributed by atoms with Crippen LogP contribution in [0.4, 0.5) is 8.78 Å². The number of alkyl halides is 2. The fourth-order valence-corrected chi connectivity index (χ4v) is 3.90. The highest BCUT2D eigenvalue weighted by Crippen LogP contribution is 2.27. The highest BCUT2D eigenvalue weighted by atomic mass is 19.3. The number of amides is 1. The average molecular weight is 427 g/mol. The van der Waals surface area contributed by atoms with Gasteiger partial charge in [-0.25, -0.2) is 9.78 Å². The number of nitrogens with one attached hydrogen (secondary N) is 1. The molecule has 0 aliphatic carbocycles. The molecule has 1 amide bonds. The van der Waals surface area contributed by atoms with Gasteiger partial charge in [-0.15, -0.1) is 0 Å². The van der Waals surface area contributed by atoms with Crippen LogP contribution < -0.4 is 11.0 Å². The highest BCUT2D eigenvalue weighted by Gasteiger charge is 2.22. The first-order chi connectivity index (χ1) is 14.9. The van der Waals surface area contributed by atoms with E-state index in [1.807, 2.05) is 25.1 Å². The van der Waals surface area contributed by atoms with Gasteiger partial charge in [-0.2, -0.15) is 8.78 Å². The molecule has 4 aromatic rings. The summed E-state index contributed by atoms with van der Waals surface area (Å²) >= 11 is 0. The van der Waals surface area contributed by atoms with Gasteiger partial charge in [0.1, 0.15) is 12.4 Å². The molecule has 0 unspecified atom stereocenters. The van der Waals surface area contributed by atoms with Crippen LogP contribution in [0.2, 0.25) is 0 Å². The Morgan fingerprint density at radius 3 is 2.29 bits per heavy atom. The molecule has 1 N–H and O–H groups in total. The lowest BCUT2D eigenvalue weighted by Gasteiger charge is -2.15. The Bertz CT molecular complexity index is 1300. The second-order valence-corrected chi connectivity index (χ2v) is 7.41. The van der Waals surface area contributed by atoms with Crippen LogP contribution in [0.5, 0.6) is 0 Å². The van der Waals surface area contributed by atoms with Gasteiger partial charge in [0.2, 0.25) is 5.91 Å². The molecule has 2 aromatic heterocycles. The summed E-state index contributed by atoms with van der Waals surface area (Å²) in [7, 11) is 0. The first-order valence-electron chi connectivity index (χ1n) is 10.1. The lowest BCUT2D eigenvalue weighted by atomic mass is 10.1. The summed E-state index contributed by atoms with van der Waals surface area (Å²) < 4.78 is 31.2. The largest absolute Gasteiger partial charge is 0.354 e. The number of aryl methyl sites for hydroxylation is 1. The molecule has 2 aromatic carbocycles. The zero-order chi connectivity index (χ0) is 22.1. The van der Waals surface area contributed by atoms with Crippen molar-refractivity contribution in [3.05, 3.63) is 64.8 Å². The van der Waals surface area contributed by atoms with E-state index in [0.717, 1.165) is 10.1 Å². The summed E-state index contributed by atoms with van der Waals surface area (Å²) in [5, 5.41) is 2.75. The fourth-order valence-electron chi connectivity index (χ4n) is 3.90. The van der Waals surface area contributed by atoms with E-state index in [4.69, 9.17) is 0 Å². The van der Waals surface area contributed by atoms with E-state index < -0.39 is 12.5 Å². The van der Waals surface area contributed by atoms with Gasteiger partial charge in [0.15, 0.2) is 0 Å². The van der Waals surface area contributed by atoms with Crippen LogP contribution in [0.1, 0.15) is 32.1 Å². The van der Waals surface area contributed by atoms with Crippen LogP contribution in [0.15, 0.2) is 53.3 Å². The molecule has 1 atom stereocenters. The van der Waals surface area contributed by atoms with E-state index in [1.165, 1.54) is 4.57 Å². The first kappa shape index (κ1) is 20.8. The second-order valence-electron chi connectivity index (χ2n) is 7.41. The summed E-state index contributed by atoms with van der Waals surface area (Å²) in [6.07, 6.45) is 0. The molecular formula is C22H23F2N5O2. The summed E-state index contributed by atoms with van der Waals surface area (Å²) in [6, 6.07) is 14.0. The van der Waals surface area contributed by atoms with Crippen LogP contribution in [-0.4, -0.2) is 31.1 Å². The molecule has 0 spiro atoms. The lowest BCUT2D eigenvalue weighted by molar-refractivity contribution is -0.121. The lowest BCUT2D eigenvalue weighted by Crippen LogP contribution is -2.35. The number of para-hydroxylation sites is 4. The topological polar surface area (TPSA) is 73.8 Å². The van der Waals surface area contributed by atoms with Crippen LogP contribution in [0.3, 0.4) is 0 Å². The van der Waals surface area contributed by atoms with Crippen LogP contribution in [-0.2, 0) is 17.9 Å². The molecule has 7 nitrogen and oxygen atoms in total. The minimum absolute atomic E-state index is 0.121. The minimum Gasteiger partial charge on any atom is -0.354 e. The van der Waals surface area contributed by atoms with E-state index in [9.17, 15) is 18.4 Å². The Labute approximate surface area is 176 Å². The third-order valence-corrected chi connectivity index (χ3v) is 5.41. The Morgan fingerprint density at radius 1 is 1.03 bits per heavy atom. The Kier molecular flexibility index (Phi) is 5.58. The molecule has 162 valence electrons. The van der Waals surface area contributed by atoms with Crippen molar-refractivity contribution in [3.63, 3.8) is 0 Å². The van der Waals surface area contributed by atoms with Crippen molar-refractivity contribution in [2.45, 2.75) is 39.4 Å². The summed E-state index contributed by atoms with van der Waals surface area (Å²) in [4.78, 5) is 29.6. The van der Waals surface area contributed by atoms with Crippen molar-refractivity contribution in [1.82, 2.24) is 24.0 Å². The van der Waals surface area contributed by atoms with Crippen LogP contribution in [0.25, 0.3) is 22.1 Å². The minimum atomic E-state index is -2.74. The van der Waals surface area contributed by atoms with E-state index in [0.29, 0.717) is 23.1 Å². The van der Waals surface area contributed by atoms with Gasteiger partial charge in [-0.3, -0.25) is 18.5 Å². The van der Waals surface area contributed by atoms with E-state index in [-0.39, 0.29) is 30.5 Å². The van der Waals surface area contributed by atoms with Crippen LogP contribution in [0, 0.1) is 0 Å². The number of imidazole rings is 2. The number of hydrogen-bond acceptors (Lipinski definition) is 3. The van der Waals surface area contributed by atoms with E-state index in [2.05, 4.69) is 10.3 Å². The van der Waals surface area contributed by atoms with Crippen molar-refractivity contribution in [2.75, 3.05) is 6.54 Å². The predicted molar refractivity (Wildman–Crippen MR) is 114 cm³/mol. The van der Waals surface area contributed by atoms with Crippen LogP contribution >= 0.6 is 0 Å². The number of rotatable bonds is 7. The molecule has 31 heavy (non-hydrogen) atoms. The summed E-state index contributed by atoms with van der Waals surface area (Å²) in [5.74, 6) is -0.608. The van der Waals surface area contributed by atoms with Crippen molar-refractivity contribution in [3.8, 4) is 0 Å². The van der Waals surface area contributed by atoms with Crippen molar-refractivity contribution >= 4 is 28.0 Å². The Morgan fingerprint density at radius 2 is 1.65 bits per heavy atom. The molecule has 0 aliphatic rings. The molecule has 0 fully saturated rings. The molecule has 9 heteroatoms. The molecule has 0 saturated carbocycles. The number of fused-ring (bicyclic) bond motifs is 2. The number of hydrogen-bond donors (Lipinski definition) is 1.